The molecular weight excluding hydrogens is 371 g/mol. The molecule has 0 spiro atoms. The third-order valence-corrected chi connectivity index (χ3v) is 4.23. The summed E-state index contributed by atoms with van der Waals surface area (Å²) in [4.78, 5) is 0. The van der Waals surface area contributed by atoms with Gasteiger partial charge in [-0.2, -0.15) is 0 Å². The Morgan fingerprint density at radius 3 is 1.86 bits per heavy atom. The van der Waals surface area contributed by atoms with E-state index in [0.717, 1.165) is 16.7 Å². The number of aliphatic hydroxyl groups excluding tert-OH is 1. The number of benzene rings is 2. The fourth-order valence-corrected chi connectivity index (χ4v) is 2.63. The van der Waals surface area contributed by atoms with Gasteiger partial charge >= 0.3 is 0 Å². The summed E-state index contributed by atoms with van der Waals surface area (Å²) in [5.41, 5.74) is 4.82. The zero-order chi connectivity index (χ0) is 15.5. The quantitative estimate of drug-likeness (QED) is 0.728. The Bertz CT molecular complexity index is 616. The van der Waals surface area contributed by atoms with Crippen LogP contribution in [0.2, 0.25) is 0 Å². The Morgan fingerprint density at radius 1 is 0.952 bits per heavy atom. The maximum Gasteiger partial charge on any atom is 0.0621 e. The second-order valence-corrected chi connectivity index (χ2v) is 7.38. The van der Waals surface area contributed by atoms with Crippen LogP contribution in [0.3, 0.4) is 0 Å². The molecule has 1 N–H and O–H groups in total. The lowest BCUT2D eigenvalue weighted by atomic mass is 9.85. The zero-order valence-corrected chi connectivity index (χ0v) is 14.9. The van der Waals surface area contributed by atoms with E-state index in [1.807, 2.05) is 6.08 Å². The van der Waals surface area contributed by atoms with Crippen molar-refractivity contribution in [1.29, 1.82) is 0 Å². The van der Waals surface area contributed by atoms with E-state index in [4.69, 9.17) is 0 Å². The molecule has 2 aromatic carbocycles. The number of aliphatic hydroxyl groups is 1. The molecule has 0 aromatic heterocycles. The van der Waals surface area contributed by atoms with Gasteiger partial charge in [0.15, 0.2) is 0 Å². The highest BCUT2D eigenvalue weighted by molar-refractivity contribution is 14.1. The molecule has 2 aromatic rings. The fraction of sp³-hybridized carbons (Fsp3) is 0.263. The van der Waals surface area contributed by atoms with Gasteiger partial charge in [0.05, 0.1) is 6.61 Å². The van der Waals surface area contributed by atoms with Crippen molar-refractivity contribution >= 4 is 28.2 Å². The number of hydrogen-bond donors (Lipinski definition) is 1. The summed E-state index contributed by atoms with van der Waals surface area (Å²) in [6.07, 6.45) is 1.87. The maximum absolute atomic E-state index is 9.32. The van der Waals surface area contributed by atoms with Crippen molar-refractivity contribution in [2.24, 2.45) is 0 Å². The molecule has 0 atom stereocenters. The van der Waals surface area contributed by atoms with E-state index in [9.17, 15) is 5.11 Å². The lowest BCUT2D eigenvalue weighted by Crippen LogP contribution is -2.10. The van der Waals surface area contributed by atoms with Crippen LogP contribution in [-0.2, 0) is 5.41 Å². The molecule has 0 aliphatic carbocycles. The molecule has 1 nitrogen and oxygen atoms in total. The summed E-state index contributed by atoms with van der Waals surface area (Å²) < 4.78 is 1.21. The first-order chi connectivity index (χ1) is 9.91. The second kappa shape index (κ2) is 6.75. The van der Waals surface area contributed by atoms with Crippen LogP contribution in [0.1, 0.15) is 37.5 Å². The Morgan fingerprint density at radius 2 is 1.43 bits per heavy atom. The average molecular weight is 392 g/mol. The Kier molecular flexibility index (Phi) is 5.22. The molecular formula is C19H21IO. The summed E-state index contributed by atoms with van der Waals surface area (Å²) in [7, 11) is 0. The van der Waals surface area contributed by atoms with Gasteiger partial charge in [0.25, 0.3) is 0 Å². The molecule has 0 fully saturated rings. The van der Waals surface area contributed by atoms with Gasteiger partial charge in [-0.1, -0.05) is 63.2 Å². The van der Waals surface area contributed by atoms with Crippen molar-refractivity contribution in [3.05, 3.63) is 74.9 Å². The molecule has 0 bridgehead atoms. The maximum atomic E-state index is 9.32. The van der Waals surface area contributed by atoms with Gasteiger partial charge in [-0.15, -0.1) is 0 Å². The molecule has 21 heavy (non-hydrogen) atoms. The largest absolute Gasteiger partial charge is 0.392 e. The average Bonchev–Trinajstić information content (AvgIpc) is 2.45. The zero-order valence-electron chi connectivity index (χ0n) is 12.7. The van der Waals surface area contributed by atoms with Crippen LogP contribution in [0.4, 0.5) is 0 Å². The highest BCUT2D eigenvalue weighted by Crippen LogP contribution is 2.27. The topological polar surface area (TPSA) is 20.2 Å². The van der Waals surface area contributed by atoms with Crippen molar-refractivity contribution in [3.8, 4) is 0 Å². The highest BCUT2D eigenvalue weighted by Gasteiger charge is 2.13. The predicted octanol–water partition coefficient (Wildman–Crippen LogP) is 5.01. The first kappa shape index (κ1) is 16.2. The Balaban J connectivity index is 2.40. The molecule has 0 aliphatic rings. The van der Waals surface area contributed by atoms with Gasteiger partial charge < -0.3 is 5.11 Å². The van der Waals surface area contributed by atoms with E-state index in [-0.39, 0.29) is 12.0 Å². The van der Waals surface area contributed by atoms with Crippen LogP contribution >= 0.6 is 22.6 Å². The summed E-state index contributed by atoms with van der Waals surface area (Å²) in [5, 5.41) is 9.32. The number of rotatable bonds is 3. The molecule has 0 saturated carbocycles. The fourth-order valence-electron chi connectivity index (χ4n) is 2.27. The van der Waals surface area contributed by atoms with Crippen LogP contribution < -0.4 is 0 Å². The monoisotopic (exact) mass is 392 g/mol. The SMILES string of the molecule is CC(C)(C)c1ccc(/C(=C/CO)c2ccc(I)cc2)cc1. The minimum atomic E-state index is 0.0440. The molecule has 2 heteroatoms. The Hall–Kier alpha value is -1.13. The van der Waals surface area contributed by atoms with Crippen molar-refractivity contribution in [2.45, 2.75) is 26.2 Å². The minimum absolute atomic E-state index is 0.0440. The molecule has 0 unspecified atom stereocenters. The van der Waals surface area contributed by atoms with Crippen LogP contribution in [0.15, 0.2) is 54.6 Å². The molecule has 0 radical (unpaired) electrons. The summed E-state index contributed by atoms with van der Waals surface area (Å²) >= 11 is 2.30. The van der Waals surface area contributed by atoms with Crippen LogP contribution in [0.5, 0.6) is 0 Å². The van der Waals surface area contributed by atoms with Gasteiger partial charge in [-0.25, -0.2) is 0 Å². The summed E-state index contributed by atoms with van der Waals surface area (Å²) in [6, 6.07) is 17.0. The van der Waals surface area contributed by atoms with Crippen LogP contribution in [0.25, 0.3) is 5.57 Å². The third-order valence-electron chi connectivity index (χ3n) is 3.51. The van der Waals surface area contributed by atoms with Crippen molar-refractivity contribution in [2.75, 3.05) is 6.61 Å². The predicted molar refractivity (Wildman–Crippen MR) is 98.5 cm³/mol. The van der Waals surface area contributed by atoms with Gasteiger partial charge in [0, 0.05) is 3.57 Å². The van der Waals surface area contributed by atoms with Gasteiger partial charge in [-0.05, 0) is 62.4 Å². The standard InChI is InChI=1S/C19H21IO/c1-19(2,3)16-8-4-14(5-9-16)18(12-13-21)15-6-10-17(20)11-7-15/h4-12,21H,13H2,1-3H3/b18-12-. The third kappa shape index (κ3) is 4.17. The van der Waals surface area contributed by atoms with E-state index < -0.39 is 0 Å². The van der Waals surface area contributed by atoms with E-state index in [2.05, 4.69) is 91.9 Å². The van der Waals surface area contributed by atoms with Crippen molar-refractivity contribution in [1.82, 2.24) is 0 Å². The molecule has 2 rings (SSSR count). The van der Waals surface area contributed by atoms with E-state index in [1.54, 1.807) is 0 Å². The Labute approximate surface area is 140 Å². The molecule has 0 heterocycles. The van der Waals surface area contributed by atoms with Gasteiger partial charge in [0.1, 0.15) is 0 Å². The lowest BCUT2D eigenvalue weighted by molar-refractivity contribution is 0.343. The van der Waals surface area contributed by atoms with E-state index in [1.165, 1.54) is 9.13 Å². The summed E-state index contributed by atoms with van der Waals surface area (Å²) in [6.45, 7) is 6.69. The van der Waals surface area contributed by atoms with E-state index in [0.29, 0.717) is 0 Å². The minimum Gasteiger partial charge on any atom is -0.392 e. The summed E-state index contributed by atoms with van der Waals surface area (Å²) in [5.74, 6) is 0. The van der Waals surface area contributed by atoms with Crippen molar-refractivity contribution in [3.63, 3.8) is 0 Å². The van der Waals surface area contributed by atoms with Gasteiger partial charge in [-0.3, -0.25) is 0 Å². The van der Waals surface area contributed by atoms with Crippen LogP contribution in [0, 0.1) is 3.57 Å². The first-order valence-electron chi connectivity index (χ1n) is 7.09. The smallest absolute Gasteiger partial charge is 0.0621 e. The van der Waals surface area contributed by atoms with Gasteiger partial charge in [0.2, 0.25) is 0 Å². The highest BCUT2D eigenvalue weighted by atomic mass is 127. The van der Waals surface area contributed by atoms with E-state index >= 15 is 0 Å². The normalized spacial score (nSPS) is 12.5. The first-order valence-corrected chi connectivity index (χ1v) is 8.17. The second-order valence-electron chi connectivity index (χ2n) is 6.13. The van der Waals surface area contributed by atoms with Crippen molar-refractivity contribution < 1.29 is 5.11 Å². The molecule has 0 saturated heterocycles. The number of halogens is 1. The lowest BCUT2D eigenvalue weighted by Gasteiger charge is -2.19. The van der Waals surface area contributed by atoms with Crippen LogP contribution in [-0.4, -0.2) is 11.7 Å². The molecule has 0 amide bonds. The molecule has 0 aliphatic heterocycles. The number of hydrogen-bond acceptors (Lipinski definition) is 1. The molecule has 110 valence electrons.